The summed E-state index contributed by atoms with van der Waals surface area (Å²) in [5.74, 6) is 0.346. The van der Waals surface area contributed by atoms with E-state index in [2.05, 4.69) is 10.3 Å². The Balaban J connectivity index is 2.54. The first-order valence-electron chi connectivity index (χ1n) is 5.15. The van der Waals surface area contributed by atoms with Crippen molar-refractivity contribution < 1.29 is 13.3 Å². The lowest BCUT2D eigenvalue weighted by molar-refractivity contribution is -0.385. The van der Waals surface area contributed by atoms with Crippen LogP contribution < -0.4 is 10.5 Å². The number of aromatic nitrogens is 1. The minimum Gasteiger partial charge on any atom is -0.370 e. The van der Waals surface area contributed by atoms with Gasteiger partial charge in [-0.3, -0.25) is 10.1 Å². The van der Waals surface area contributed by atoms with Gasteiger partial charge in [0.2, 0.25) is 10.0 Å². The molecule has 0 unspecified atom stereocenters. The first-order chi connectivity index (χ1) is 8.29. The van der Waals surface area contributed by atoms with Crippen LogP contribution in [-0.4, -0.2) is 30.6 Å². The summed E-state index contributed by atoms with van der Waals surface area (Å²) in [6.45, 7) is 1.98. The number of nitrogens with one attached hydrogen (secondary N) is 1. The lowest BCUT2D eigenvalue weighted by atomic mass is 10.2. The third kappa shape index (κ3) is 4.63. The van der Waals surface area contributed by atoms with E-state index in [1.165, 1.54) is 6.07 Å². The van der Waals surface area contributed by atoms with E-state index in [0.29, 0.717) is 24.3 Å². The van der Waals surface area contributed by atoms with Crippen LogP contribution in [0, 0.1) is 17.0 Å². The van der Waals surface area contributed by atoms with Crippen LogP contribution >= 0.6 is 0 Å². The Morgan fingerprint density at radius 3 is 2.72 bits per heavy atom. The number of pyridine rings is 1. The van der Waals surface area contributed by atoms with Crippen molar-refractivity contribution in [2.24, 2.45) is 5.14 Å². The van der Waals surface area contributed by atoms with Crippen LogP contribution in [-0.2, 0) is 10.0 Å². The third-order valence-electron chi connectivity index (χ3n) is 2.19. The first-order valence-corrected chi connectivity index (χ1v) is 6.86. The highest BCUT2D eigenvalue weighted by molar-refractivity contribution is 7.89. The van der Waals surface area contributed by atoms with Crippen molar-refractivity contribution >= 4 is 21.5 Å². The third-order valence-corrected chi connectivity index (χ3v) is 3.05. The molecule has 1 heterocycles. The highest BCUT2D eigenvalue weighted by Gasteiger charge is 2.11. The summed E-state index contributed by atoms with van der Waals surface area (Å²) in [4.78, 5) is 13.9. The summed E-state index contributed by atoms with van der Waals surface area (Å²) in [6, 6.07) is 1.54. The minimum atomic E-state index is -3.45. The Morgan fingerprint density at radius 2 is 2.22 bits per heavy atom. The maximum atomic E-state index is 10.7. The van der Waals surface area contributed by atoms with Gasteiger partial charge < -0.3 is 5.32 Å². The molecule has 0 fully saturated rings. The molecular formula is C9H14N4O4S. The second kappa shape index (κ2) is 5.74. The van der Waals surface area contributed by atoms with Crippen molar-refractivity contribution in [2.45, 2.75) is 13.3 Å². The minimum absolute atomic E-state index is 0.0508. The quantitative estimate of drug-likeness (QED) is 0.438. The monoisotopic (exact) mass is 274 g/mol. The SMILES string of the molecule is Cc1cc(NCCCS(N)(=O)=O)ncc1[N+](=O)[O-]. The number of hydrogen-bond donors (Lipinski definition) is 2. The molecule has 0 amide bonds. The van der Waals surface area contributed by atoms with Gasteiger partial charge in [0.05, 0.1) is 10.7 Å². The Bertz CT molecular complexity index is 543. The molecule has 18 heavy (non-hydrogen) atoms. The number of nitrogens with two attached hydrogens (primary N) is 1. The molecule has 0 saturated heterocycles. The van der Waals surface area contributed by atoms with Crippen LogP contribution in [0.2, 0.25) is 0 Å². The molecule has 3 N–H and O–H groups in total. The zero-order valence-electron chi connectivity index (χ0n) is 9.79. The molecular weight excluding hydrogens is 260 g/mol. The van der Waals surface area contributed by atoms with Gasteiger partial charge in [-0.2, -0.15) is 0 Å². The highest BCUT2D eigenvalue weighted by Crippen LogP contribution is 2.18. The number of anilines is 1. The van der Waals surface area contributed by atoms with Gasteiger partial charge in [0.15, 0.2) is 0 Å². The number of aryl methyl sites for hydroxylation is 1. The van der Waals surface area contributed by atoms with Crippen molar-refractivity contribution in [3.05, 3.63) is 27.9 Å². The van der Waals surface area contributed by atoms with Crippen LogP contribution in [0.1, 0.15) is 12.0 Å². The van der Waals surface area contributed by atoms with Crippen molar-refractivity contribution in [1.82, 2.24) is 4.98 Å². The van der Waals surface area contributed by atoms with E-state index in [1.807, 2.05) is 0 Å². The van der Waals surface area contributed by atoms with Gasteiger partial charge in [0.25, 0.3) is 5.69 Å². The fraction of sp³-hybridized carbons (Fsp3) is 0.444. The smallest absolute Gasteiger partial charge is 0.290 e. The van der Waals surface area contributed by atoms with E-state index >= 15 is 0 Å². The number of nitrogens with zero attached hydrogens (tertiary/aromatic N) is 2. The van der Waals surface area contributed by atoms with Crippen molar-refractivity contribution in [2.75, 3.05) is 17.6 Å². The van der Waals surface area contributed by atoms with Crippen LogP contribution in [0.3, 0.4) is 0 Å². The lowest BCUT2D eigenvalue weighted by Crippen LogP contribution is -2.18. The van der Waals surface area contributed by atoms with Gasteiger partial charge in [-0.1, -0.05) is 0 Å². The standard InChI is InChI=1S/C9H14N4O4S/c1-7-5-9(12-6-8(7)13(14)15)11-3-2-4-18(10,16)17/h5-6H,2-4H2,1H3,(H,11,12)(H2,10,16,17). The Kier molecular flexibility index (Phi) is 4.56. The maximum absolute atomic E-state index is 10.7. The molecule has 0 spiro atoms. The van der Waals surface area contributed by atoms with Gasteiger partial charge in [-0.25, -0.2) is 18.5 Å². The van der Waals surface area contributed by atoms with Crippen molar-refractivity contribution in [3.63, 3.8) is 0 Å². The normalized spacial score (nSPS) is 11.2. The Hall–Kier alpha value is -1.74. The predicted octanol–water partition coefficient (Wildman–Crippen LogP) is 0.389. The molecule has 9 heteroatoms. The zero-order valence-corrected chi connectivity index (χ0v) is 10.6. The summed E-state index contributed by atoms with van der Waals surface area (Å²) in [5, 5.41) is 18.3. The molecule has 100 valence electrons. The molecule has 1 aromatic rings. The number of nitro groups is 1. The van der Waals surface area contributed by atoms with Gasteiger partial charge in [-0.05, 0) is 19.4 Å². The summed E-state index contributed by atoms with van der Waals surface area (Å²) in [7, 11) is -3.45. The van der Waals surface area contributed by atoms with Crippen molar-refractivity contribution in [1.29, 1.82) is 0 Å². The topological polar surface area (TPSA) is 128 Å². The number of sulfonamides is 1. The number of hydrogen-bond acceptors (Lipinski definition) is 6. The molecule has 0 aliphatic carbocycles. The van der Waals surface area contributed by atoms with Gasteiger partial charge in [0, 0.05) is 12.1 Å². The largest absolute Gasteiger partial charge is 0.370 e. The summed E-state index contributed by atoms with van der Waals surface area (Å²) >= 11 is 0. The van der Waals surface area contributed by atoms with Crippen LogP contribution in [0.4, 0.5) is 11.5 Å². The molecule has 0 saturated carbocycles. The molecule has 0 aliphatic heterocycles. The zero-order chi connectivity index (χ0) is 13.8. The van der Waals surface area contributed by atoms with Gasteiger partial charge in [-0.15, -0.1) is 0 Å². The molecule has 0 radical (unpaired) electrons. The van der Waals surface area contributed by atoms with E-state index in [1.54, 1.807) is 6.92 Å². The second-order valence-corrected chi connectivity index (χ2v) is 5.49. The summed E-state index contributed by atoms with van der Waals surface area (Å²) in [6.07, 6.45) is 1.51. The van der Waals surface area contributed by atoms with E-state index in [0.717, 1.165) is 6.20 Å². The van der Waals surface area contributed by atoms with E-state index in [9.17, 15) is 18.5 Å². The molecule has 0 atom stereocenters. The predicted molar refractivity (Wildman–Crippen MR) is 66.7 cm³/mol. The van der Waals surface area contributed by atoms with E-state index in [4.69, 9.17) is 5.14 Å². The van der Waals surface area contributed by atoms with Crippen LogP contribution in [0.5, 0.6) is 0 Å². The second-order valence-electron chi connectivity index (χ2n) is 3.76. The first kappa shape index (κ1) is 14.3. The highest BCUT2D eigenvalue weighted by atomic mass is 32.2. The van der Waals surface area contributed by atoms with Crippen LogP contribution in [0.15, 0.2) is 12.3 Å². The van der Waals surface area contributed by atoms with Crippen LogP contribution in [0.25, 0.3) is 0 Å². The molecule has 0 aliphatic rings. The maximum Gasteiger partial charge on any atom is 0.290 e. The summed E-state index contributed by atoms with van der Waals surface area (Å²) < 4.78 is 21.4. The van der Waals surface area contributed by atoms with E-state index < -0.39 is 14.9 Å². The van der Waals surface area contributed by atoms with Crippen molar-refractivity contribution in [3.8, 4) is 0 Å². The number of rotatable bonds is 6. The lowest BCUT2D eigenvalue weighted by Gasteiger charge is -2.05. The summed E-state index contributed by atoms with van der Waals surface area (Å²) in [5.41, 5.74) is 0.439. The fourth-order valence-electron chi connectivity index (χ4n) is 1.33. The molecule has 0 bridgehead atoms. The Morgan fingerprint density at radius 1 is 1.56 bits per heavy atom. The fourth-order valence-corrected chi connectivity index (χ4v) is 1.87. The van der Waals surface area contributed by atoms with E-state index in [-0.39, 0.29) is 11.4 Å². The molecule has 1 aromatic heterocycles. The average Bonchev–Trinajstić information content (AvgIpc) is 2.22. The average molecular weight is 274 g/mol. The molecule has 0 aromatic carbocycles. The molecule has 1 rings (SSSR count). The number of primary sulfonamides is 1. The van der Waals surface area contributed by atoms with Gasteiger partial charge >= 0.3 is 0 Å². The van der Waals surface area contributed by atoms with Gasteiger partial charge in [0.1, 0.15) is 12.0 Å². The Labute approximate surface area is 104 Å². The molecule has 8 nitrogen and oxygen atoms in total.